The predicted molar refractivity (Wildman–Crippen MR) is 111 cm³/mol. The maximum absolute atomic E-state index is 5.53. The first kappa shape index (κ1) is 18.9. The van der Waals surface area contributed by atoms with Crippen LogP contribution in [0.15, 0.2) is 59.4 Å². The summed E-state index contributed by atoms with van der Waals surface area (Å²) in [5.74, 6) is 1.63. The molecule has 0 spiro atoms. The lowest BCUT2D eigenvalue weighted by Crippen LogP contribution is -2.37. The van der Waals surface area contributed by atoms with Crippen LogP contribution < -0.4 is 0 Å². The van der Waals surface area contributed by atoms with Gasteiger partial charge in [0.15, 0.2) is 0 Å². The first-order valence-corrected chi connectivity index (χ1v) is 10.3. The average Bonchev–Trinajstić information content (AvgIpc) is 3.33. The highest BCUT2D eigenvalue weighted by atomic mass is 16.5. The van der Waals surface area contributed by atoms with Gasteiger partial charge in [-0.05, 0) is 61.4 Å². The summed E-state index contributed by atoms with van der Waals surface area (Å²) in [5.41, 5.74) is 5.07. The zero-order chi connectivity index (χ0) is 19.3. The van der Waals surface area contributed by atoms with Gasteiger partial charge in [-0.1, -0.05) is 35.8 Å². The summed E-state index contributed by atoms with van der Waals surface area (Å²) in [5, 5.41) is 4.08. The van der Waals surface area contributed by atoms with Gasteiger partial charge in [-0.2, -0.15) is 0 Å². The van der Waals surface area contributed by atoms with E-state index in [4.69, 9.17) is 4.52 Å². The van der Waals surface area contributed by atoms with Crippen molar-refractivity contribution in [2.75, 3.05) is 0 Å². The van der Waals surface area contributed by atoms with Gasteiger partial charge < -0.3 is 4.52 Å². The fourth-order valence-electron chi connectivity index (χ4n) is 4.53. The van der Waals surface area contributed by atoms with Gasteiger partial charge in [0, 0.05) is 44.0 Å². The molecule has 0 aliphatic heterocycles. The summed E-state index contributed by atoms with van der Waals surface area (Å²) in [4.78, 5) is 6.85. The summed E-state index contributed by atoms with van der Waals surface area (Å²) >= 11 is 0. The maximum Gasteiger partial charge on any atom is 0.137 e. The quantitative estimate of drug-likeness (QED) is 0.576. The molecule has 1 aromatic carbocycles. The van der Waals surface area contributed by atoms with Gasteiger partial charge in [-0.15, -0.1) is 0 Å². The minimum absolute atomic E-state index is 0.554. The van der Waals surface area contributed by atoms with Gasteiger partial charge in [0.05, 0.1) is 5.69 Å². The highest BCUT2D eigenvalue weighted by Crippen LogP contribution is 2.34. The molecule has 0 radical (unpaired) electrons. The third-order valence-electron chi connectivity index (χ3n) is 6.00. The SMILES string of the molecule is Cc1cc(C[C@@H]2CCC[C@H]2N(Cc2ccncc2)Cc2ccccc2C)on1. The minimum Gasteiger partial charge on any atom is -0.361 e. The minimum atomic E-state index is 0.554. The Hall–Kier alpha value is -2.46. The summed E-state index contributed by atoms with van der Waals surface area (Å²) in [6, 6.07) is 15.7. The maximum atomic E-state index is 5.53. The van der Waals surface area contributed by atoms with Crippen LogP contribution in [0.5, 0.6) is 0 Å². The molecule has 2 heterocycles. The summed E-state index contributed by atoms with van der Waals surface area (Å²) in [6.45, 7) is 6.13. The van der Waals surface area contributed by atoms with Crippen molar-refractivity contribution in [3.05, 3.63) is 83.0 Å². The molecule has 0 saturated heterocycles. The molecule has 28 heavy (non-hydrogen) atoms. The Morgan fingerprint density at radius 1 is 1.04 bits per heavy atom. The van der Waals surface area contributed by atoms with Crippen LogP contribution in [-0.2, 0) is 19.5 Å². The van der Waals surface area contributed by atoms with Crippen LogP contribution in [0.4, 0.5) is 0 Å². The van der Waals surface area contributed by atoms with Crippen LogP contribution in [0.3, 0.4) is 0 Å². The Balaban J connectivity index is 1.56. The molecule has 2 aromatic heterocycles. The smallest absolute Gasteiger partial charge is 0.137 e. The number of benzene rings is 1. The molecule has 3 aromatic rings. The van der Waals surface area contributed by atoms with Crippen LogP contribution >= 0.6 is 0 Å². The van der Waals surface area contributed by atoms with Gasteiger partial charge >= 0.3 is 0 Å². The van der Waals surface area contributed by atoms with E-state index < -0.39 is 0 Å². The number of hydrogen-bond acceptors (Lipinski definition) is 4. The van der Waals surface area contributed by atoms with E-state index in [1.807, 2.05) is 19.3 Å². The topological polar surface area (TPSA) is 42.2 Å². The van der Waals surface area contributed by atoms with Crippen LogP contribution in [0.2, 0.25) is 0 Å². The Morgan fingerprint density at radius 3 is 2.61 bits per heavy atom. The number of hydrogen-bond donors (Lipinski definition) is 0. The molecule has 0 amide bonds. The van der Waals surface area contributed by atoms with Crippen LogP contribution in [0.1, 0.15) is 47.4 Å². The van der Waals surface area contributed by atoms with Gasteiger partial charge in [0.1, 0.15) is 5.76 Å². The van der Waals surface area contributed by atoms with Crippen LogP contribution in [0.25, 0.3) is 0 Å². The normalized spacial score (nSPS) is 19.4. The molecule has 4 rings (SSSR count). The van der Waals surface area contributed by atoms with Crippen molar-refractivity contribution in [1.29, 1.82) is 0 Å². The molecule has 1 saturated carbocycles. The lowest BCUT2D eigenvalue weighted by molar-refractivity contribution is 0.138. The van der Waals surface area contributed by atoms with E-state index in [2.05, 4.69) is 64.4 Å². The molecule has 2 atom stereocenters. The molecular formula is C24H29N3O. The van der Waals surface area contributed by atoms with Crippen molar-refractivity contribution >= 4 is 0 Å². The second-order valence-electron chi connectivity index (χ2n) is 8.08. The third kappa shape index (κ3) is 4.50. The zero-order valence-electron chi connectivity index (χ0n) is 16.8. The molecule has 146 valence electrons. The number of nitrogens with zero attached hydrogens (tertiary/aromatic N) is 3. The largest absolute Gasteiger partial charge is 0.361 e. The van der Waals surface area contributed by atoms with Crippen molar-refractivity contribution in [1.82, 2.24) is 15.0 Å². The summed E-state index contributed by atoms with van der Waals surface area (Å²) < 4.78 is 5.53. The first-order valence-electron chi connectivity index (χ1n) is 10.3. The second-order valence-corrected chi connectivity index (χ2v) is 8.08. The van der Waals surface area contributed by atoms with E-state index in [-0.39, 0.29) is 0 Å². The Labute approximate surface area is 167 Å². The van der Waals surface area contributed by atoms with Gasteiger partial charge in [-0.25, -0.2) is 0 Å². The lowest BCUT2D eigenvalue weighted by atomic mass is 9.95. The van der Waals surface area contributed by atoms with Crippen molar-refractivity contribution in [2.45, 2.75) is 58.7 Å². The van der Waals surface area contributed by atoms with Crippen molar-refractivity contribution in [3.63, 3.8) is 0 Å². The van der Waals surface area contributed by atoms with E-state index in [9.17, 15) is 0 Å². The van der Waals surface area contributed by atoms with E-state index >= 15 is 0 Å². The van der Waals surface area contributed by atoms with Crippen LogP contribution in [0, 0.1) is 19.8 Å². The van der Waals surface area contributed by atoms with Crippen molar-refractivity contribution in [3.8, 4) is 0 Å². The van der Waals surface area contributed by atoms with Crippen molar-refractivity contribution in [2.24, 2.45) is 5.92 Å². The number of rotatable bonds is 7. The monoisotopic (exact) mass is 375 g/mol. The molecule has 1 aliphatic carbocycles. The lowest BCUT2D eigenvalue weighted by Gasteiger charge is -2.33. The van der Waals surface area contributed by atoms with E-state index in [1.54, 1.807) is 0 Å². The van der Waals surface area contributed by atoms with E-state index in [0.29, 0.717) is 12.0 Å². The van der Waals surface area contributed by atoms with Crippen molar-refractivity contribution < 1.29 is 4.52 Å². The Morgan fingerprint density at radius 2 is 1.86 bits per heavy atom. The summed E-state index contributed by atoms with van der Waals surface area (Å²) in [6.07, 6.45) is 8.55. The first-order chi connectivity index (χ1) is 13.7. The molecule has 4 nitrogen and oxygen atoms in total. The second kappa shape index (κ2) is 8.70. The number of aryl methyl sites for hydroxylation is 2. The van der Waals surface area contributed by atoms with E-state index in [1.165, 1.54) is 36.0 Å². The Bertz CT molecular complexity index is 890. The molecule has 0 unspecified atom stereocenters. The summed E-state index contributed by atoms with van der Waals surface area (Å²) in [7, 11) is 0. The highest BCUT2D eigenvalue weighted by Gasteiger charge is 2.33. The van der Waals surface area contributed by atoms with E-state index in [0.717, 1.165) is 31.0 Å². The molecule has 1 aliphatic rings. The average molecular weight is 376 g/mol. The zero-order valence-corrected chi connectivity index (χ0v) is 16.8. The molecule has 0 N–H and O–H groups in total. The molecule has 0 bridgehead atoms. The van der Waals surface area contributed by atoms with Gasteiger partial charge in [0.2, 0.25) is 0 Å². The third-order valence-corrected chi connectivity index (χ3v) is 6.00. The predicted octanol–water partition coefficient (Wildman–Crippen LogP) is 5.10. The number of aromatic nitrogens is 2. The van der Waals surface area contributed by atoms with Gasteiger partial charge in [0.25, 0.3) is 0 Å². The highest BCUT2D eigenvalue weighted by molar-refractivity contribution is 5.26. The fraction of sp³-hybridized carbons (Fsp3) is 0.417. The number of pyridine rings is 1. The molecule has 4 heteroatoms. The fourth-order valence-corrected chi connectivity index (χ4v) is 4.53. The molecular weight excluding hydrogens is 346 g/mol. The standard InChI is InChI=1S/C24H29N3O/c1-18-6-3-4-7-22(18)17-27(16-20-10-12-25-13-11-20)24-9-5-8-21(24)15-23-14-19(2)26-28-23/h3-4,6-7,10-14,21,24H,5,8-9,15-17H2,1-2H3/t21-,24+/m0/s1. The Kier molecular flexibility index (Phi) is 5.87. The van der Waals surface area contributed by atoms with Crippen LogP contribution in [-0.4, -0.2) is 21.1 Å². The van der Waals surface area contributed by atoms with Gasteiger partial charge in [-0.3, -0.25) is 9.88 Å². The molecule has 1 fully saturated rings.